The molecule has 2 aromatic heterocycles. The second kappa shape index (κ2) is 10.1. The van der Waals surface area contributed by atoms with Crippen LogP contribution in [0.4, 0.5) is 11.8 Å². The molecule has 0 radical (unpaired) electrons. The van der Waals surface area contributed by atoms with Crippen molar-refractivity contribution in [3.05, 3.63) is 23.7 Å². The maximum atomic E-state index is 9.21. The SMILES string of the molecule is CCC[C@@H](CCO)Nc1nc(N)ncc1OCc1cc(C)n(C)n1.S. The second-order valence-corrected chi connectivity index (χ2v) is 5.77. The molecule has 0 aliphatic rings. The Morgan fingerprint density at radius 1 is 1.40 bits per heavy atom. The average Bonchev–Trinajstić information content (AvgIpc) is 2.85. The fourth-order valence-electron chi connectivity index (χ4n) is 2.44. The number of nitrogens with one attached hydrogen (secondary N) is 1. The molecule has 8 nitrogen and oxygen atoms in total. The number of aliphatic hydroxyl groups is 1. The molecule has 0 aliphatic heterocycles. The highest BCUT2D eigenvalue weighted by molar-refractivity contribution is 7.59. The zero-order chi connectivity index (χ0) is 17.5. The van der Waals surface area contributed by atoms with Crippen LogP contribution in [-0.4, -0.2) is 37.5 Å². The zero-order valence-corrected chi connectivity index (χ0v) is 16.0. The molecule has 9 heteroatoms. The van der Waals surface area contributed by atoms with E-state index in [4.69, 9.17) is 10.5 Å². The first-order valence-electron chi connectivity index (χ1n) is 8.15. The molecule has 0 aromatic carbocycles. The van der Waals surface area contributed by atoms with Crippen molar-refractivity contribution >= 4 is 25.3 Å². The van der Waals surface area contributed by atoms with Crippen LogP contribution in [0.1, 0.15) is 37.6 Å². The zero-order valence-electron chi connectivity index (χ0n) is 15.0. The Labute approximate surface area is 155 Å². The Bertz CT molecular complexity index is 639. The van der Waals surface area contributed by atoms with E-state index in [1.54, 1.807) is 10.9 Å². The molecule has 0 spiro atoms. The van der Waals surface area contributed by atoms with E-state index in [1.165, 1.54) is 0 Å². The lowest BCUT2D eigenvalue weighted by Crippen LogP contribution is -2.22. The molecule has 0 bridgehead atoms. The quantitative estimate of drug-likeness (QED) is 0.618. The van der Waals surface area contributed by atoms with Crippen LogP contribution in [0, 0.1) is 6.92 Å². The Hall–Kier alpha value is -2.00. The van der Waals surface area contributed by atoms with Crippen molar-refractivity contribution in [1.82, 2.24) is 19.7 Å². The Morgan fingerprint density at radius 3 is 2.76 bits per heavy atom. The first-order chi connectivity index (χ1) is 11.5. The van der Waals surface area contributed by atoms with Crippen LogP contribution in [0.5, 0.6) is 5.75 Å². The van der Waals surface area contributed by atoms with Gasteiger partial charge in [0.15, 0.2) is 11.6 Å². The fraction of sp³-hybridized carbons (Fsp3) is 0.562. The van der Waals surface area contributed by atoms with Gasteiger partial charge in [-0.15, -0.1) is 0 Å². The minimum Gasteiger partial charge on any atom is -0.482 e. The summed E-state index contributed by atoms with van der Waals surface area (Å²) in [5.74, 6) is 1.24. The number of aryl methyl sites for hydroxylation is 2. The van der Waals surface area contributed by atoms with E-state index in [9.17, 15) is 5.11 Å². The number of nitrogens with two attached hydrogens (primary N) is 1. The van der Waals surface area contributed by atoms with Gasteiger partial charge in [0, 0.05) is 25.4 Å². The van der Waals surface area contributed by atoms with Gasteiger partial charge >= 0.3 is 0 Å². The molecule has 1 atom stereocenters. The van der Waals surface area contributed by atoms with E-state index in [0.717, 1.165) is 24.2 Å². The first kappa shape index (κ1) is 21.0. The minimum atomic E-state index is 0. The molecule has 0 saturated heterocycles. The summed E-state index contributed by atoms with van der Waals surface area (Å²) in [5, 5.41) is 16.9. The van der Waals surface area contributed by atoms with Crippen LogP contribution in [0.15, 0.2) is 12.3 Å². The van der Waals surface area contributed by atoms with Gasteiger partial charge in [-0.2, -0.15) is 23.6 Å². The van der Waals surface area contributed by atoms with E-state index in [2.05, 4.69) is 27.3 Å². The van der Waals surface area contributed by atoms with Crippen molar-refractivity contribution in [3.63, 3.8) is 0 Å². The Morgan fingerprint density at radius 2 is 2.16 bits per heavy atom. The summed E-state index contributed by atoms with van der Waals surface area (Å²) >= 11 is 0. The van der Waals surface area contributed by atoms with Crippen LogP contribution in [0.3, 0.4) is 0 Å². The summed E-state index contributed by atoms with van der Waals surface area (Å²) in [4.78, 5) is 8.24. The van der Waals surface area contributed by atoms with Crippen LogP contribution in [0.2, 0.25) is 0 Å². The molecule has 4 N–H and O–H groups in total. The van der Waals surface area contributed by atoms with Gasteiger partial charge in [-0.25, -0.2) is 4.98 Å². The summed E-state index contributed by atoms with van der Waals surface area (Å²) < 4.78 is 7.62. The van der Waals surface area contributed by atoms with Crippen LogP contribution >= 0.6 is 13.5 Å². The first-order valence-corrected chi connectivity index (χ1v) is 8.15. The van der Waals surface area contributed by atoms with Crippen molar-refractivity contribution in [2.45, 2.75) is 45.8 Å². The summed E-state index contributed by atoms with van der Waals surface area (Å²) in [6.45, 7) is 4.52. The van der Waals surface area contributed by atoms with Gasteiger partial charge < -0.3 is 20.9 Å². The molecule has 0 amide bonds. The Balaban J connectivity index is 0.00000312. The largest absolute Gasteiger partial charge is 0.482 e. The molecule has 0 fully saturated rings. The van der Waals surface area contributed by atoms with Gasteiger partial charge in [0.25, 0.3) is 0 Å². The summed E-state index contributed by atoms with van der Waals surface area (Å²) in [5.41, 5.74) is 7.59. The van der Waals surface area contributed by atoms with Gasteiger partial charge in [-0.1, -0.05) is 13.3 Å². The summed E-state index contributed by atoms with van der Waals surface area (Å²) in [7, 11) is 1.89. The molecular formula is C16H28N6O2S. The smallest absolute Gasteiger partial charge is 0.222 e. The molecule has 140 valence electrons. The van der Waals surface area contributed by atoms with Gasteiger partial charge in [-0.05, 0) is 25.8 Å². The number of anilines is 2. The number of nitrogens with zero attached hydrogens (tertiary/aromatic N) is 4. The van der Waals surface area contributed by atoms with Gasteiger partial charge in [-0.3, -0.25) is 4.68 Å². The lowest BCUT2D eigenvalue weighted by Gasteiger charge is -2.19. The van der Waals surface area contributed by atoms with Crippen molar-refractivity contribution < 1.29 is 9.84 Å². The number of hydrogen-bond acceptors (Lipinski definition) is 7. The van der Waals surface area contributed by atoms with Crippen LogP contribution in [0.25, 0.3) is 0 Å². The Kier molecular flexibility index (Phi) is 8.50. The standard InChI is InChI=1S/C16H26N6O2.H2S/c1-4-5-12(6-7-23)19-15-14(9-18-16(17)20-15)24-10-13-8-11(2)22(3)21-13;/h8-9,12,23H,4-7,10H2,1-3H3,(H3,17,18,19,20);1H2/t12-;/m0./s1. The molecule has 2 aromatic rings. The predicted molar refractivity (Wildman–Crippen MR) is 103 cm³/mol. The van der Waals surface area contributed by atoms with Crippen molar-refractivity contribution in [2.24, 2.45) is 7.05 Å². The number of hydrogen-bond donors (Lipinski definition) is 3. The number of nitrogen functional groups attached to an aromatic ring is 1. The molecule has 0 saturated carbocycles. The number of aliphatic hydroxyl groups excluding tert-OH is 1. The molecule has 2 rings (SSSR count). The third-order valence-electron chi connectivity index (χ3n) is 3.77. The number of rotatable bonds is 9. The fourth-order valence-corrected chi connectivity index (χ4v) is 2.44. The average molecular weight is 369 g/mol. The van der Waals surface area contributed by atoms with Crippen LogP contribution in [-0.2, 0) is 13.7 Å². The van der Waals surface area contributed by atoms with E-state index < -0.39 is 0 Å². The molecule has 0 unspecified atom stereocenters. The lowest BCUT2D eigenvalue weighted by molar-refractivity contribution is 0.275. The molecule has 25 heavy (non-hydrogen) atoms. The van der Waals surface area contributed by atoms with Gasteiger partial charge in [0.05, 0.1) is 6.20 Å². The molecule has 2 heterocycles. The molecular weight excluding hydrogens is 340 g/mol. The van der Waals surface area contributed by atoms with Crippen molar-refractivity contribution in [2.75, 3.05) is 17.7 Å². The van der Waals surface area contributed by atoms with E-state index in [1.807, 2.05) is 20.0 Å². The van der Waals surface area contributed by atoms with Gasteiger partial charge in [0.2, 0.25) is 5.95 Å². The van der Waals surface area contributed by atoms with Crippen molar-refractivity contribution in [1.29, 1.82) is 0 Å². The van der Waals surface area contributed by atoms with Crippen LogP contribution < -0.4 is 15.8 Å². The summed E-state index contributed by atoms with van der Waals surface area (Å²) in [6.07, 6.45) is 4.12. The predicted octanol–water partition coefficient (Wildman–Crippen LogP) is 1.76. The maximum absolute atomic E-state index is 9.21. The highest BCUT2D eigenvalue weighted by Gasteiger charge is 2.14. The third-order valence-corrected chi connectivity index (χ3v) is 3.77. The van der Waals surface area contributed by atoms with E-state index in [0.29, 0.717) is 24.6 Å². The molecule has 0 aliphatic carbocycles. The topological polar surface area (TPSA) is 111 Å². The minimum absolute atomic E-state index is 0. The number of aromatic nitrogens is 4. The highest BCUT2D eigenvalue weighted by Crippen LogP contribution is 2.24. The third kappa shape index (κ3) is 6.09. The normalized spacial score (nSPS) is 11.7. The maximum Gasteiger partial charge on any atom is 0.222 e. The van der Waals surface area contributed by atoms with Gasteiger partial charge in [0.1, 0.15) is 12.3 Å². The van der Waals surface area contributed by atoms with E-state index >= 15 is 0 Å². The van der Waals surface area contributed by atoms with E-state index in [-0.39, 0.29) is 32.1 Å². The summed E-state index contributed by atoms with van der Waals surface area (Å²) in [6, 6.07) is 2.07. The monoisotopic (exact) mass is 368 g/mol. The highest BCUT2D eigenvalue weighted by atomic mass is 32.1. The second-order valence-electron chi connectivity index (χ2n) is 5.77. The number of ether oxygens (including phenoxy) is 1. The van der Waals surface area contributed by atoms with Crippen molar-refractivity contribution in [3.8, 4) is 5.75 Å². The lowest BCUT2D eigenvalue weighted by atomic mass is 10.1.